The molecule has 0 aliphatic carbocycles. The monoisotopic (exact) mass is 314 g/mol. The number of aryl methyl sites for hydroxylation is 1. The molecular formula is C17H18N2O2S. The molecule has 1 aromatic carbocycles. The van der Waals surface area contributed by atoms with E-state index in [9.17, 15) is 0 Å². The van der Waals surface area contributed by atoms with Crippen molar-refractivity contribution < 1.29 is 9.15 Å². The molecule has 3 aromatic rings. The Morgan fingerprint density at radius 2 is 2.05 bits per heavy atom. The van der Waals surface area contributed by atoms with Gasteiger partial charge in [0.2, 0.25) is 0 Å². The maximum absolute atomic E-state index is 5.77. The van der Waals surface area contributed by atoms with E-state index in [-0.39, 0.29) is 6.08 Å². The van der Waals surface area contributed by atoms with Crippen molar-refractivity contribution in [2.24, 2.45) is 0 Å². The average molecular weight is 314 g/mol. The van der Waals surface area contributed by atoms with E-state index >= 15 is 0 Å². The smallest absolute Gasteiger partial charge is 0.400 e. The number of rotatable bonds is 5. The number of fused-ring (bicyclic) bond motifs is 1. The zero-order valence-corrected chi connectivity index (χ0v) is 13.5. The van der Waals surface area contributed by atoms with Gasteiger partial charge in [0.15, 0.2) is 11.3 Å². The van der Waals surface area contributed by atoms with Crippen LogP contribution in [0.2, 0.25) is 0 Å². The highest BCUT2D eigenvalue weighted by molar-refractivity contribution is 7.71. The van der Waals surface area contributed by atoms with Crippen molar-refractivity contribution >= 4 is 23.3 Å². The first-order valence-corrected chi connectivity index (χ1v) is 7.83. The number of pyridine rings is 1. The predicted molar refractivity (Wildman–Crippen MR) is 89.0 cm³/mol. The first kappa shape index (κ1) is 14.8. The Hall–Kier alpha value is -2.14. The van der Waals surface area contributed by atoms with Crippen molar-refractivity contribution in [3.8, 4) is 11.8 Å². The zero-order chi connectivity index (χ0) is 15.5. The molecular weight excluding hydrogens is 296 g/mol. The molecule has 3 rings (SSSR count). The van der Waals surface area contributed by atoms with E-state index in [0.717, 1.165) is 30.6 Å². The summed E-state index contributed by atoms with van der Waals surface area (Å²) in [4.78, 5) is 4.32. The van der Waals surface area contributed by atoms with Crippen molar-refractivity contribution in [2.75, 3.05) is 0 Å². The van der Waals surface area contributed by atoms with E-state index in [0.29, 0.717) is 16.0 Å². The lowest BCUT2D eigenvalue weighted by Gasteiger charge is -2.12. The summed E-state index contributed by atoms with van der Waals surface area (Å²) >= 11 is 5.54. The van der Waals surface area contributed by atoms with Gasteiger partial charge < -0.3 is 13.7 Å². The molecule has 0 amide bonds. The van der Waals surface area contributed by atoms with Crippen LogP contribution < -0.4 is 4.74 Å². The first-order chi connectivity index (χ1) is 10.7. The number of hydrogen-bond acceptors (Lipinski definition) is 4. The van der Waals surface area contributed by atoms with Crippen LogP contribution in [0.25, 0.3) is 11.1 Å². The van der Waals surface area contributed by atoms with Gasteiger partial charge in [-0.05, 0) is 37.6 Å². The minimum Gasteiger partial charge on any atom is -0.409 e. The summed E-state index contributed by atoms with van der Waals surface area (Å²) < 4.78 is 14.1. The molecule has 0 aliphatic heterocycles. The van der Waals surface area contributed by atoms with Crippen LogP contribution in [0.5, 0.6) is 11.8 Å². The first-order valence-electron chi connectivity index (χ1n) is 7.43. The predicted octanol–water partition coefficient (Wildman–Crippen LogP) is 5.26. The van der Waals surface area contributed by atoms with Crippen LogP contribution in [-0.4, -0.2) is 9.55 Å². The zero-order valence-electron chi connectivity index (χ0n) is 12.7. The molecule has 4 nitrogen and oxygen atoms in total. The molecule has 114 valence electrons. The van der Waals surface area contributed by atoms with E-state index in [4.69, 9.17) is 21.4 Å². The van der Waals surface area contributed by atoms with Gasteiger partial charge in [0.1, 0.15) is 10.2 Å². The van der Waals surface area contributed by atoms with Crippen LogP contribution in [0.1, 0.15) is 25.5 Å². The highest BCUT2D eigenvalue weighted by atomic mass is 32.1. The summed E-state index contributed by atoms with van der Waals surface area (Å²) in [6.07, 6.45) is 2.43. The topological polar surface area (TPSA) is 40.2 Å². The van der Waals surface area contributed by atoms with Gasteiger partial charge in [-0.25, -0.2) is 0 Å². The SMILES string of the molecule is CCCCn1c(C)ccc(Oc2nc3ccccc3o2)c1=S. The molecule has 0 unspecified atom stereocenters. The van der Waals surface area contributed by atoms with Crippen molar-refractivity contribution in [1.29, 1.82) is 0 Å². The number of para-hydroxylation sites is 2. The standard InChI is InChI=1S/C17H18N2O2S/c1-3-4-11-19-12(2)9-10-15(16(19)22)21-17-18-13-7-5-6-8-14(13)20-17/h5-10H,3-4,11H2,1-2H3. The summed E-state index contributed by atoms with van der Waals surface area (Å²) in [5.41, 5.74) is 2.60. The second-order valence-corrected chi connectivity index (χ2v) is 5.59. The molecule has 22 heavy (non-hydrogen) atoms. The van der Waals surface area contributed by atoms with Gasteiger partial charge in [0, 0.05) is 12.2 Å². The third-order valence-electron chi connectivity index (χ3n) is 3.56. The van der Waals surface area contributed by atoms with Crippen LogP contribution in [0.4, 0.5) is 0 Å². The third kappa shape index (κ3) is 2.90. The average Bonchev–Trinajstić information content (AvgIpc) is 2.92. The van der Waals surface area contributed by atoms with Crippen LogP contribution in [0, 0.1) is 11.6 Å². The molecule has 2 aromatic heterocycles. The van der Waals surface area contributed by atoms with Gasteiger partial charge in [0.05, 0.1) is 0 Å². The fourth-order valence-electron chi connectivity index (χ4n) is 2.31. The molecule has 2 heterocycles. The lowest BCUT2D eigenvalue weighted by atomic mass is 10.3. The number of oxazole rings is 1. The molecule has 0 bridgehead atoms. The normalized spacial score (nSPS) is 11.0. The van der Waals surface area contributed by atoms with Gasteiger partial charge in [-0.15, -0.1) is 0 Å². The highest BCUT2D eigenvalue weighted by Crippen LogP contribution is 2.26. The Balaban J connectivity index is 1.93. The van der Waals surface area contributed by atoms with Crippen molar-refractivity contribution in [3.63, 3.8) is 0 Å². The van der Waals surface area contributed by atoms with Gasteiger partial charge in [-0.2, -0.15) is 4.98 Å². The Bertz CT molecular complexity index is 818. The number of ether oxygens (including phenoxy) is 1. The molecule has 0 saturated heterocycles. The fourth-order valence-corrected chi connectivity index (χ4v) is 2.66. The summed E-state index contributed by atoms with van der Waals surface area (Å²) in [6.45, 7) is 5.11. The van der Waals surface area contributed by atoms with Crippen LogP contribution >= 0.6 is 12.2 Å². The fraction of sp³-hybridized carbons (Fsp3) is 0.294. The van der Waals surface area contributed by atoms with Crippen molar-refractivity contribution in [3.05, 3.63) is 46.7 Å². The van der Waals surface area contributed by atoms with Gasteiger partial charge in [-0.1, -0.05) is 37.7 Å². The Kier molecular flexibility index (Phi) is 4.24. The molecule has 0 saturated carbocycles. The molecule has 0 aliphatic rings. The summed E-state index contributed by atoms with van der Waals surface area (Å²) in [5, 5.41) is 0. The van der Waals surface area contributed by atoms with E-state index < -0.39 is 0 Å². The van der Waals surface area contributed by atoms with Gasteiger partial charge >= 0.3 is 6.08 Å². The number of aromatic nitrogens is 2. The Morgan fingerprint density at radius 1 is 1.23 bits per heavy atom. The van der Waals surface area contributed by atoms with Crippen LogP contribution in [0.3, 0.4) is 0 Å². The highest BCUT2D eigenvalue weighted by Gasteiger charge is 2.10. The third-order valence-corrected chi connectivity index (χ3v) is 3.99. The van der Waals surface area contributed by atoms with E-state index in [2.05, 4.69) is 23.4 Å². The Labute approximate surface area is 134 Å². The lowest BCUT2D eigenvalue weighted by molar-refractivity contribution is 0.338. The largest absolute Gasteiger partial charge is 0.409 e. The molecule has 0 atom stereocenters. The van der Waals surface area contributed by atoms with Crippen molar-refractivity contribution in [1.82, 2.24) is 9.55 Å². The molecule has 5 heteroatoms. The summed E-state index contributed by atoms with van der Waals surface area (Å²) in [7, 11) is 0. The van der Waals surface area contributed by atoms with E-state index in [1.54, 1.807) is 0 Å². The van der Waals surface area contributed by atoms with Crippen molar-refractivity contribution in [2.45, 2.75) is 33.2 Å². The number of nitrogens with zero attached hydrogens (tertiary/aromatic N) is 2. The molecule has 0 fully saturated rings. The number of hydrogen-bond donors (Lipinski definition) is 0. The maximum Gasteiger partial charge on any atom is 0.400 e. The minimum atomic E-state index is 0.221. The van der Waals surface area contributed by atoms with Gasteiger partial charge in [-0.3, -0.25) is 0 Å². The second kappa shape index (κ2) is 6.32. The van der Waals surface area contributed by atoms with E-state index in [1.165, 1.54) is 0 Å². The van der Waals surface area contributed by atoms with E-state index in [1.807, 2.05) is 36.4 Å². The lowest BCUT2D eigenvalue weighted by Crippen LogP contribution is -2.05. The molecule has 0 radical (unpaired) electrons. The summed E-state index contributed by atoms with van der Waals surface area (Å²) in [6, 6.07) is 11.4. The molecule has 0 N–H and O–H groups in total. The second-order valence-electron chi connectivity index (χ2n) is 5.20. The number of unbranched alkanes of at least 4 members (excludes halogenated alkanes) is 1. The van der Waals surface area contributed by atoms with Crippen LogP contribution in [-0.2, 0) is 6.54 Å². The quantitative estimate of drug-likeness (QED) is 0.602. The minimum absolute atomic E-state index is 0.221. The maximum atomic E-state index is 5.77. The van der Waals surface area contributed by atoms with Crippen LogP contribution in [0.15, 0.2) is 40.8 Å². The number of benzene rings is 1. The molecule has 0 spiro atoms. The van der Waals surface area contributed by atoms with Gasteiger partial charge in [0.25, 0.3) is 0 Å². The Morgan fingerprint density at radius 3 is 2.82 bits per heavy atom. The summed E-state index contributed by atoms with van der Waals surface area (Å²) in [5.74, 6) is 0.600.